The third-order valence-corrected chi connectivity index (χ3v) is 5.62. The highest BCUT2D eigenvalue weighted by Crippen LogP contribution is 2.24. The van der Waals surface area contributed by atoms with Crippen molar-refractivity contribution in [2.24, 2.45) is 0 Å². The Morgan fingerprint density at radius 2 is 2.00 bits per heavy atom. The van der Waals surface area contributed by atoms with Crippen LogP contribution in [0.1, 0.15) is 21.8 Å². The molecule has 134 valence electrons. The maximum Gasteiger partial charge on any atom is 0.228 e. The average Bonchev–Trinajstić information content (AvgIpc) is 3.05. The lowest BCUT2D eigenvalue weighted by atomic mass is 10.1. The van der Waals surface area contributed by atoms with E-state index >= 15 is 0 Å². The maximum absolute atomic E-state index is 12.5. The second kappa shape index (κ2) is 7.97. The molecule has 0 bridgehead atoms. The summed E-state index contributed by atoms with van der Waals surface area (Å²) in [7, 11) is 1.65. The van der Waals surface area contributed by atoms with Gasteiger partial charge in [0.05, 0.1) is 18.7 Å². The van der Waals surface area contributed by atoms with Crippen LogP contribution < -0.4 is 4.90 Å². The summed E-state index contributed by atoms with van der Waals surface area (Å²) >= 11 is 1.55. The molecule has 25 heavy (non-hydrogen) atoms. The number of hydrogen-bond donors (Lipinski definition) is 0. The Morgan fingerprint density at radius 3 is 2.72 bits per heavy atom. The lowest BCUT2D eigenvalue weighted by Gasteiger charge is -2.37. The van der Waals surface area contributed by atoms with Gasteiger partial charge in [-0.1, -0.05) is 12.1 Å². The van der Waals surface area contributed by atoms with Crippen LogP contribution in [0.5, 0.6) is 0 Å². The predicted molar refractivity (Wildman–Crippen MR) is 101 cm³/mol. The number of aryl methyl sites for hydroxylation is 1. The summed E-state index contributed by atoms with van der Waals surface area (Å²) in [6, 6.07) is 6.42. The molecule has 1 amide bonds. The van der Waals surface area contributed by atoms with E-state index in [1.165, 1.54) is 16.8 Å². The molecule has 1 aromatic carbocycles. The Morgan fingerprint density at radius 1 is 1.24 bits per heavy atom. The zero-order chi connectivity index (χ0) is 17.8. The Balaban J connectivity index is 1.56. The minimum atomic E-state index is 0.162. The Kier molecular flexibility index (Phi) is 5.71. The van der Waals surface area contributed by atoms with Crippen LogP contribution in [-0.4, -0.2) is 49.1 Å². The lowest BCUT2D eigenvalue weighted by Crippen LogP contribution is -2.49. The molecule has 0 radical (unpaired) electrons. The highest BCUT2D eigenvalue weighted by Gasteiger charge is 2.23. The smallest absolute Gasteiger partial charge is 0.228 e. The van der Waals surface area contributed by atoms with E-state index in [9.17, 15) is 4.79 Å². The van der Waals surface area contributed by atoms with E-state index in [0.717, 1.165) is 36.9 Å². The first-order chi connectivity index (χ1) is 12.1. The summed E-state index contributed by atoms with van der Waals surface area (Å²) < 4.78 is 5.08. The van der Waals surface area contributed by atoms with Crippen LogP contribution in [0, 0.1) is 13.8 Å². The van der Waals surface area contributed by atoms with Gasteiger partial charge in [0.2, 0.25) is 5.91 Å². The van der Waals surface area contributed by atoms with Gasteiger partial charge in [-0.25, -0.2) is 4.98 Å². The number of aromatic nitrogens is 1. The van der Waals surface area contributed by atoms with Gasteiger partial charge in [-0.15, -0.1) is 11.3 Å². The Hall–Kier alpha value is -1.92. The first kappa shape index (κ1) is 17.9. The van der Waals surface area contributed by atoms with Gasteiger partial charge < -0.3 is 14.5 Å². The van der Waals surface area contributed by atoms with Crippen LogP contribution >= 0.6 is 11.3 Å². The predicted octanol–water partition coefficient (Wildman–Crippen LogP) is 2.80. The molecule has 1 aliphatic heterocycles. The molecule has 5 nitrogen and oxygen atoms in total. The van der Waals surface area contributed by atoms with Crippen LogP contribution in [0.2, 0.25) is 0 Å². The van der Waals surface area contributed by atoms with Gasteiger partial charge in [0.1, 0.15) is 5.01 Å². The minimum absolute atomic E-state index is 0.162. The van der Waals surface area contributed by atoms with Crippen molar-refractivity contribution in [3.63, 3.8) is 0 Å². The standard InChI is InChI=1S/C19H25N3O2S/c1-14-5-4-6-17(15(14)2)21-7-9-22(10-8-21)19(23)11-16-13-25-18(20-16)12-24-3/h4-6,13H,7-12H2,1-3H3. The molecule has 1 aliphatic rings. The SMILES string of the molecule is COCc1nc(CC(=O)N2CCN(c3cccc(C)c3C)CC2)cs1. The highest BCUT2D eigenvalue weighted by molar-refractivity contribution is 7.09. The number of nitrogens with zero attached hydrogens (tertiary/aromatic N) is 3. The third-order valence-electron chi connectivity index (χ3n) is 4.75. The molecule has 2 aromatic rings. The van der Waals surface area contributed by atoms with Crippen molar-refractivity contribution >= 4 is 22.9 Å². The molecule has 1 saturated heterocycles. The number of rotatable bonds is 5. The fourth-order valence-corrected chi connectivity index (χ4v) is 3.93. The van der Waals surface area contributed by atoms with Gasteiger partial charge in [-0.05, 0) is 31.0 Å². The highest BCUT2D eigenvalue weighted by atomic mass is 32.1. The van der Waals surface area contributed by atoms with E-state index in [1.54, 1.807) is 18.4 Å². The van der Waals surface area contributed by atoms with E-state index in [2.05, 4.69) is 41.9 Å². The van der Waals surface area contributed by atoms with Gasteiger partial charge in [0.25, 0.3) is 0 Å². The summed E-state index contributed by atoms with van der Waals surface area (Å²) in [6.07, 6.45) is 0.379. The molecule has 1 aromatic heterocycles. The summed E-state index contributed by atoms with van der Waals surface area (Å²) in [6.45, 7) is 8.10. The lowest BCUT2D eigenvalue weighted by molar-refractivity contribution is -0.130. The third kappa shape index (κ3) is 4.19. The number of thiazole rings is 1. The molecular formula is C19H25N3O2S. The number of carbonyl (C=O) groups is 1. The second-order valence-corrected chi connectivity index (χ2v) is 7.37. The van der Waals surface area contributed by atoms with Gasteiger partial charge in [0, 0.05) is 44.4 Å². The number of ether oxygens (including phenoxy) is 1. The van der Waals surface area contributed by atoms with Crippen molar-refractivity contribution < 1.29 is 9.53 Å². The second-order valence-electron chi connectivity index (χ2n) is 6.43. The molecule has 0 N–H and O–H groups in total. The molecule has 0 saturated carbocycles. The van der Waals surface area contributed by atoms with Crippen molar-refractivity contribution in [2.75, 3.05) is 38.2 Å². The molecule has 1 fully saturated rings. The number of anilines is 1. The number of methoxy groups -OCH3 is 1. The van der Waals surface area contributed by atoms with E-state index < -0.39 is 0 Å². The molecule has 0 aliphatic carbocycles. The fraction of sp³-hybridized carbons (Fsp3) is 0.474. The topological polar surface area (TPSA) is 45.7 Å². The quantitative estimate of drug-likeness (QED) is 0.824. The van der Waals surface area contributed by atoms with Crippen molar-refractivity contribution in [3.8, 4) is 0 Å². The molecular weight excluding hydrogens is 334 g/mol. The maximum atomic E-state index is 12.5. The Bertz CT molecular complexity index is 736. The van der Waals surface area contributed by atoms with Gasteiger partial charge in [0.15, 0.2) is 0 Å². The Labute approximate surface area is 153 Å². The van der Waals surface area contributed by atoms with E-state index in [0.29, 0.717) is 13.0 Å². The number of benzene rings is 1. The van der Waals surface area contributed by atoms with E-state index in [-0.39, 0.29) is 5.91 Å². The minimum Gasteiger partial charge on any atom is -0.378 e. The first-order valence-electron chi connectivity index (χ1n) is 8.59. The number of hydrogen-bond acceptors (Lipinski definition) is 5. The molecule has 2 heterocycles. The van der Waals surface area contributed by atoms with Crippen LogP contribution in [-0.2, 0) is 22.6 Å². The molecule has 0 spiro atoms. The van der Waals surface area contributed by atoms with Crippen LogP contribution in [0.4, 0.5) is 5.69 Å². The van der Waals surface area contributed by atoms with Crippen LogP contribution in [0.3, 0.4) is 0 Å². The first-order valence-corrected chi connectivity index (χ1v) is 9.47. The monoisotopic (exact) mass is 359 g/mol. The van der Waals surface area contributed by atoms with Crippen LogP contribution in [0.15, 0.2) is 23.6 Å². The molecule has 6 heteroatoms. The van der Waals surface area contributed by atoms with E-state index in [4.69, 9.17) is 4.74 Å². The summed E-state index contributed by atoms with van der Waals surface area (Å²) in [5.74, 6) is 0.162. The molecule has 0 atom stereocenters. The molecule has 0 unspecified atom stereocenters. The largest absolute Gasteiger partial charge is 0.378 e. The zero-order valence-electron chi connectivity index (χ0n) is 15.1. The number of piperazine rings is 1. The summed E-state index contributed by atoms with van der Waals surface area (Å²) in [5.41, 5.74) is 4.77. The number of amides is 1. The van der Waals surface area contributed by atoms with Crippen LogP contribution in [0.25, 0.3) is 0 Å². The summed E-state index contributed by atoms with van der Waals surface area (Å²) in [4.78, 5) is 21.3. The van der Waals surface area contributed by atoms with Gasteiger partial charge in [-0.2, -0.15) is 0 Å². The van der Waals surface area contributed by atoms with Gasteiger partial charge >= 0.3 is 0 Å². The summed E-state index contributed by atoms with van der Waals surface area (Å²) in [5, 5.41) is 2.88. The fourth-order valence-electron chi connectivity index (χ4n) is 3.16. The normalized spacial score (nSPS) is 14.8. The zero-order valence-corrected chi connectivity index (χ0v) is 15.9. The van der Waals surface area contributed by atoms with Crippen molar-refractivity contribution in [2.45, 2.75) is 26.9 Å². The number of carbonyl (C=O) groups excluding carboxylic acids is 1. The van der Waals surface area contributed by atoms with Crippen molar-refractivity contribution in [1.29, 1.82) is 0 Å². The van der Waals surface area contributed by atoms with Crippen molar-refractivity contribution in [1.82, 2.24) is 9.88 Å². The average molecular weight is 359 g/mol. The van der Waals surface area contributed by atoms with E-state index in [1.807, 2.05) is 10.3 Å². The molecule has 3 rings (SSSR count). The van der Waals surface area contributed by atoms with Crippen molar-refractivity contribution in [3.05, 3.63) is 45.4 Å². The van der Waals surface area contributed by atoms with Gasteiger partial charge in [-0.3, -0.25) is 4.79 Å².